The molecule has 5 nitrogen and oxygen atoms in total. The van der Waals surface area contributed by atoms with Gasteiger partial charge in [-0.2, -0.15) is 0 Å². The number of nitrogens with one attached hydrogen (secondary N) is 2. The molecule has 1 aliphatic heterocycles. The maximum Gasteiger partial charge on any atom is 0.586 e. The zero-order valence-electron chi connectivity index (χ0n) is 16.9. The number of carbonyl (C=O) groups is 1. The van der Waals surface area contributed by atoms with E-state index in [1.165, 1.54) is 12.1 Å². The summed E-state index contributed by atoms with van der Waals surface area (Å²) in [5.41, 5.74) is 2.74. The van der Waals surface area contributed by atoms with Crippen LogP contribution in [0.5, 0.6) is 11.5 Å². The molecule has 1 aromatic heterocycles. The second-order valence-corrected chi connectivity index (χ2v) is 9.10. The van der Waals surface area contributed by atoms with Crippen molar-refractivity contribution in [3.05, 3.63) is 53.7 Å². The van der Waals surface area contributed by atoms with Crippen LogP contribution >= 0.6 is 0 Å². The zero-order valence-corrected chi connectivity index (χ0v) is 16.9. The number of amides is 1. The van der Waals surface area contributed by atoms with Gasteiger partial charge in [-0.25, -0.2) is 0 Å². The lowest BCUT2D eigenvalue weighted by atomic mass is 9.92. The largest absolute Gasteiger partial charge is 0.586 e. The van der Waals surface area contributed by atoms with Gasteiger partial charge in [0.25, 0.3) is 0 Å². The Bertz CT molecular complexity index is 1170. The van der Waals surface area contributed by atoms with E-state index in [0.717, 1.165) is 16.6 Å². The van der Waals surface area contributed by atoms with E-state index in [2.05, 4.69) is 46.6 Å². The topological polar surface area (TPSA) is 63.4 Å². The van der Waals surface area contributed by atoms with Crippen LogP contribution < -0.4 is 14.8 Å². The zero-order chi connectivity index (χ0) is 21.3. The van der Waals surface area contributed by atoms with Gasteiger partial charge in [0.2, 0.25) is 5.91 Å². The van der Waals surface area contributed by atoms with Gasteiger partial charge in [0.1, 0.15) is 0 Å². The molecule has 0 spiro atoms. The number of benzene rings is 2. The molecule has 0 atom stereocenters. The molecular weight excluding hydrogens is 390 g/mol. The molecule has 2 aromatic carbocycles. The first-order valence-electron chi connectivity index (χ1n) is 9.91. The highest BCUT2D eigenvalue weighted by molar-refractivity contribution is 6.02. The number of hydrogen-bond acceptors (Lipinski definition) is 3. The van der Waals surface area contributed by atoms with Crippen LogP contribution in [0.3, 0.4) is 0 Å². The number of rotatable bonds is 3. The van der Waals surface area contributed by atoms with E-state index in [1.54, 1.807) is 6.07 Å². The van der Waals surface area contributed by atoms with Crippen LogP contribution in [0.1, 0.15) is 44.9 Å². The number of fused-ring (bicyclic) bond motifs is 2. The van der Waals surface area contributed by atoms with Crippen LogP contribution in [0.15, 0.2) is 42.5 Å². The number of ether oxygens (including phenoxy) is 2. The fourth-order valence-electron chi connectivity index (χ4n) is 3.88. The summed E-state index contributed by atoms with van der Waals surface area (Å²) in [5.74, 6) is -0.216. The minimum Gasteiger partial charge on any atom is -0.395 e. The van der Waals surface area contributed by atoms with Gasteiger partial charge in [-0.15, -0.1) is 8.78 Å². The van der Waals surface area contributed by atoms with E-state index in [1.807, 2.05) is 18.2 Å². The molecule has 7 heteroatoms. The lowest BCUT2D eigenvalue weighted by Crippen LogP contribution is -2.27. The SMILES string of the molecule is CC(C)(C)c1cc2cc(NC(=O)C3(c4ccc5c(c4)OC(F)(F)O5)CC3)ccc2[nH]1. The Balaban J connectivity index is 1.39. The molecule has 0 bridgehead atoms. The van der Waals surface area contributed by atoms with E-state index in [9.17, 15) is 13.6 Å². The number of alkyl halides is 2. The fourth-order valence-corrected chi connectivity index (χ4v) is 3.88. The number of hydrogen-bond donors (Lipinski definition) is 2. The highest BCUT2D eigenvalue weighted by Crippen LogP contribution is 2.52. The molecule has 0 saturated heterocycles. The molecule has 156 valence electrons. The van der Waals surface area contributed by atoms with Gasteiger partial charge in [-0.1, -0.05) is 26.8 Å². The van der Waals surface area contributed by atoms with Gasteiger partial charge in [0.05, 0.1) is 5.41 Å². The molecule has 3 aromatic rings. The summed E-state index contributed by atoms with van der Waals surface area (Å²) >= 11 is 0. The highest BCUT2D eigenvalue weighted by Gasteiger charge is 2.52. The van der Waals surface area contributed by atoms with E-state index in [0.29, 0.717) is 24.1 Å². The fraction of sp³-hybridized carbons (Fsp3) is 0.348. The molecule has 1 aliphatic carbocycles. The van der Waals surface area contributed by atoms with E-state index in [4.69, 9.17) is 0 Å². The van der Waals surface area contributed by atoms with Crippen LogP contribution in [0.2, 0.25) is 0 Å². The van der Waals surface area contributed by atoms with E-state index < -0.39 is 11.7 Å². The second kappa shape index (κ2) is 5.97. The first kappa shape index (κ1) is 18.9. The molecule has 2 aliphatic rings. The average molecular weight is 412 g/mol. The standard InChI is InChI=1S/C23H22F2N2O3/c1-21(2,3)19-11-13-10-15(5-6-16(13)27-19)26-20(28)22(8-9-22)14-4-7-17-18(12-14)30-23(24,25)29-17/h4-7,10-12,27H,8-9H2,1-3H3,(H,26,28). The van der Waals surface area contributed by atoms with Crippen LogP contribution in [0.4, 0.5) is 14.5 Å². The second-order valence-electron chi connectivity index (χ2n) is 9.10. The number of halogens is 2. The molecule has 1 saturated carbocycles. The summed E-state index contributed by atoms with van der Waals surface area (Å²) in [5, 5.41) is 4.02. The Labute approximate surface area is 172 Å². The third-order valence-corrected chi connectivity index (χ3v) is 5.83. The Kier molecular flexibility index (Phi) is 3.76. The van der Waals surface area contributed by atoms with E-state index >= 15 is 0 Å². The Morgan fingerprint density at radius 3 is 2.47 bits per heavy atom. The molecule has 2 heterocycles. The van der Waals surface area contributed by atoms with E-state index in [-0.39, 0.29) is 22.8 Å². The van der Waals surface area contributed by atoms with Gasteiger partial charge in [-0.05, 0) is 54.8 Å². The number of H-pyrrole nitrogens is 1. The minimum atomic E-state index is -3.67. The van der Waals surface area contributed by atoms with Crippen LogP contribution in [0, 0.1) is 0 Å². The molecule has 1 amide bonds. The number of aromatic nitrogens is 1. The predicted molar refractivity (Wildman–Crippen MR) is 109 cm³/mol. The molecule has 0 unspecified atom stereocenters. The van der Waals surface area contributed by atoms with Crippen molar-refractivity contribution < 1.29 is 23.0 Å². The summed E-state index contributed by atoms with van der Waals surface area (Å²) in [7, 11) is 0. The van der Waals surface area contributed by atoms with Gasteiger partial charge in [-0.3, -0.25) is 4.79 Å². The van der Waals surface area contributed by atoms with Gasteiger partial charge in [0, 0.05) is 27.7 Å². The van der Waals surface area contributed by atoms with Crippen molar-refractivity contribution in [3.63, 3.8) is 0 Å². The summed E-state index contributed by atoms with van der Waals surface area (Å²) < 4.78 is 35.6. The van der Waals surface area contributed by atoms with Crippen LogP contribution in [-0.2, 0) is 15.6 Å². The highest BCUT2D eigenvalue weighted by atomic mass is 19.3. The Morgan fingerprint density at radius 1 is 1.03 bits per heavy atom. The maximum absolute atomic E-state index is 13.3. The average Bonchev–Trinajstić information content (AvgIpc) is 3.24. The first-order chi connectivity index (χ1) is 14.1. The lowest BCUT2D eigenvalue weighted by molar-refractivity contribution is -0.286. The normalized spacial score (nSPS) is 18.4. The first-order valence-corrected chi connectivity index (χ1v) is 9.91. The molecular formula is C23H22F2N2O3. The van der Waals surface area contributed by atoms with Crippen LogP contribution in [0.25, 0.3) is 10.9 Å². The van der Waals surface area contributed by atoms with Gasteiger partial charge in [0.15, 0.2) is 11.5 Å². The molecule has 1 fully saturated rings. The Hall–Kier alpha value is -3.09. The third-order valence-electron chi connectivity index (χ3n) is 5.83. The smallest absolute Gasteiger partial charge is 0.395 e. The Morgan fingerprint density at radius 2 is 1.77 bits per heavy atom. The van der Waals surface area contributed by atoms with Crippen molar-refractivity contribution in [2.45, 2.75) is 50.7 Å². The van der Waals surface area contributed by atoms with Gasteiger partial charge >= 0.3 is 6.29 Å². The predicted octanol–water partition coefficient (Wildman–Crippen LogP) is 5.46. The minimum absolute atomic E-state index is 0.00331. The summed E-state index contributed by atoms with van der Waals surface area (Å²) in [6, 6.07) is 12.4. The summed E-state index contributed by atoms with van der Waals surface area (Å²) in [4.78, 5) is 16.5. The van der Waals surface area contributed by atoms with Crippen molar-refractivity contribution in [1.29, 1.82) is 0 Å². The molecule has 5 rings (SSSR count). The summed E-state index contributed by atoms with van der Waals surface area (Å²) in [6.07, 6.45) is -2.37. The lowest BCUT2D eigenvalue weighted by Gasteiger charge is -2.16. The quantitative estimate of drug-likeness (QED) is 0.601. The van der Waals surface area contributed by atoms with Crippen molar-refractivity contribution in [1.82, 2.24) is 4.98 Å². The molecule has 2 N–H and O–H groups in total. The maximum atomic E-state index is 13.3. The number of anilines is 1. The van der Waals surface area contributed by atoms with Crippen LogP contribution in [-0.4, -0.2) is 17.2 Å². The number of aromatic amines is 1. The van der Waals surface area contributed by atoms with Gasteiger partial charge < -0.3 is 19.8 Å². The van der Waals surface area contributed by atoms with Crippen molar-refractivity contribution >= 4 is 22.5 Å². The molecule has 0 radical (unpaired) electrons. The molecule has 30 heavy (non-hydrogen) atoms. The summed E-state index contributed by atoms with van der Waals surface area (Å²) in [6.45, 7) is 6.41. The van der Waals surface area contributed by atoms with Crippen molar-refractivity contribution in [3.8, 4) is 11.5 Å². The van der Waals surface area contributed by atoms with Crippen molar-refractivity contribution in [2.24, 2.45) is 0 Å². The van der Waals surface area contributed by atoms with Crippen molar-refractivity contribution in [2.75, 3.05) is 5.32 Å². The third kappa shape index (κ3) is 3.09. The number of carbonyl (C=O) groups excluding carboxylic acids is 1. The monoisotopic (exact) mass is 412 g/mol.